The third-order valence-electron chi connectivity index (χ3n) is 5.73. The van der Waals surface area contributed by atoms with E-state index in [-0.39, 0.29) is 0 Å². The van der Waals surface area contributed by atoms with Gasteiger partial charge in [-0.2, -0.15) is 0 Å². The van der Waals surface area contributed by atoms with Crippen LogP contribution in [0.25, 0.3) is 0 Å². The molecule has 156 valence electrons. The Balaban J connectivity index is 1.50. The summed E-state index contributed by atoms with van der Waals surface area (Å²) >= 11 is 0. The van der Waals surface area contributed by atoms with Crippen molar-refractivity contribution >= 4 is 11.6 Å². The topological polar surface area (TPSA) is 42.9 Å². The van der Waals surface area contributed by atoms with E-state index in [1.807, 2.05) is 0 Å². The molecular formula is C23H39N5. The van der Waals surface area contributed by atoms with Crippen molar-refractivity contribution in [3.05, 3.63) is 30.3 Å². The van der Waals surface area contributed by atoms with Gasteiger partial charge in [0.25, 0.3) is 0 Å². The molecule has 28 heavy (non-hydrogen) atoms. The Hall–Kier alpha value is -1.75. The van der Waals surface area contributed by atoms with Gasteiger partial charge in [-0.25, -0.2) is 0 Å². The molecule has 5 nitrogen and oxygen atoms in total. The lowest BCUT2D eigenvalue weighted by Gasteiger charge is -2.33. The van der Waals surface area contributed by atoms with Crippen LogP contribution >= 0.6 is 0 Å². The van der Waals surface area contributed by atoms with E-state index < -0.39 is 0 Å². The molecular weight excluding hydrogens is 346 g/mol. The van der Waals surface area contributed by atoms with Gasteiger partial charge in [-0.15, -0.1) is 0 Å². The Kier molecular flexibility index (Phi) is 8.01. The zero-order valence-corrected chi connectivity index (χ0v) is 18.0. The average molecular weight is 386 g/mol. The van der Waals surface area contributed by atoms with Gasteiger partial charge in [0.1, 0.15) is 0 Å². The lowest BCUT2D eigenvalue weighted by atomic mass is 9.97. The van der Waals surface area contributed by atoms with Crippen LogP contribution < -0.4 is 15.5 Å². The minimum atomic E-state index is 0.460. The van der Waals surface area contributed by atoms with Gasteiger partial charge in [-0.3, -0.25) is 4.99 Å². The Morgan fingerprint density at radius 1 is 1.14 bits per heavy atom. The third kappa shape index (κ3) is 6.40. The summed E-state index contributed by atoms with van der Waals surface area (Å²) in [6.07, 6.45) is 3.78. The highest BCUT2D eigenvalue weighted by atomic mass is 15.2. The van der Waals surface area contributed by atoms with E-state index in [1.54, 1.807) is 0 Å². The summed E-state index contributed by atoms with van der Waals surface area (Å²) < 4.78 is 0. The van der Waals surface area contributed by atoms with Crippen molar-refractivity contribution in [2.24, 2.45) is 16.8 Å². The molecule has 2 unspecified atom stereocenters. The molecule has 2 atom stereocenters. The number of hydrogen-bond donors (Lipinski definition) is 2. The van der Waals surface area contributed by atoms with Crippen molar-refractivity contribution in [3.8, 4) is 0 Å². The minimum absolute atomic E-state index is 0.460. The average Bonchev–Trinajstić information content (AvgIpc) is 3.15. The summed E-state index contributed by atoms with van der Waals surface area (Å²) in [4.78, 5) is 10.1. The highest BCUT2D eigenvalue weighted by Gasteiger charge is 2.24. The largest absolute Gasteiger partial charge is 0.369 e. The number of piperidine rings is 1. The maximum absolute atomic E-state index is 4.96. The van der Waals surface area contributed by atoms with Gasteiger partial charge in [0.15, 0.2) is 5.96 Å². The summed E-state index contributed by atoms with van der Waals surface area (Å²) in [6, 6.07) is 11.2. The van der Waals surface area contributed by atoms with Crippen LogP contribution in [0.1, 0.15) is 40.0 Å². The van der Waals surface area contributed by atoms with E-state index in [2.05, 4.69) is 71.5 Å². The van der Waals surface area contributed by atoms with E-state index in [1.165, 1.54) is 38.2 Å². The second kappa shape index (κ2) is 10.7. The van der Waals surface area contributed by atoms with Crippen LogP contribution in [-0.2, 0) is 0 Å². The van der Waals surface area contributed by atoms with Crippen molar-refractivity contribution < 1.29 is 0 Å². The molecule has 2 aliphatic rings. The van der Waals surface area contributed by atoms with Crippen molar-refractivity contribution in [1.29, 1.82) is 0 Å². The smallest absolute Gasteiger partial charge is 0.191 e. The zero-order valence-electron chi connectivity index (χ0n) is 18.0. The molecule has 3 rings (SSSR count). The van der Waals surface area contributed by atoms with Crippen LogP contribution in [0.3, 0.4) is 0 Å². The second-order valence-corrected chi connectivity index (χ2v) is 8.79. The van der Waals surface area contributed by atoms with Crippen molar-refractivity contribution in [2.75, 3.05) is 50.7 Å². The monoisotopic (exact) mass is 385 g/mol. The van der Waals surface area contributed by atoms with Gasteiger partial charge < -0.3 is 20.4 Å². The molecule has 0 bridgehead atoms. The number of nitrogens with one attached hydrogen (secondary N) is 2. The number of hydrogen-bond acceptors (Lipinski definition) is 3. The lowest BCUT2D eigenvalue weighted by molar-refractivity contribution is 0.162. The molecule has 0 amide bonds. The summed E-state index contributed by atoms with van der Waals surface area (Å²) in [5.74, 6) is 2.42. The standard InChI is InChI=1S/C23H39N5/c1-4-24-23(25-15-20-9-8-13-27(17-20)16-19(2)3)26-21-12-14-28(18-21)22-10-6-5-7-11-22/h5-7,10-11,19-21H,4,8-9,12-18H2,1-3H3,(H2,24,25,26). The Bertz CT molecular complexity index is 600. The van der Waals surface area contributed by atoms with Gasteiger partial charge >= 0.3 is 0 Å². The second-order valence-electron chi connectivity index (χ2n) is 8.79. The SMILES string of the molecule is CCNC(=NCC1CCCN(CC(C)C)C1)NC1CCN(c2ccccc2)C1. The number of guanidine groups is 1. The van der Waals surface area contributed by atoms with Crippen molar-refractivity contribution in [1.82, 2.24) is 15.5 Å². The summed E-state index contributed by atoms with van der Waals surface area (Å²) in [7, 11) is 0. The van der Waals surface area contributed by atoms with E-state index in [4.69, 9.17) is 4.99 Å². The number of benzene rings is 1. The molecule has 0 aliphatic carbocycles. The molecule has 2 N–H and O–H groups in total. The maximum Gasteiger partial charge on any atom is 0.191 e. The van der Waals surface area contributed by atoms with Gasteiger partial charge in [-0.05, 0) is 56.7 Å². The highest BCUT2D eigenvalue weighted by Crippen LogP contribution is 2.20. The molecule has 5 heteroatoms. The first-order valence-corrected chi connectivity index (χ1v) is 11.2. The van der Waals surface area contributed by atoms with Crippen molar-refractivity contribution in [2.45, 2.75) is 46.1 Å². The highest BCUT2D eigenvalue weighted by molar-refractivity contribution is 5.80. The molecule has 1 aromatic carbocycles. The minimum Gasteiger partial charge on any atom is -0.369 e. The molecule has 1 aromatic rings. The van der Waals surface area contributed by atoms with Gasteiger partial charge in [0, 0.05) is 51.0 Å². The zero-order chi connectivity index (χ0) is 19.8. The number of anilines is 1. The number of para-hydroxylation sites is 1. The molecule has 0 aromatic heterocycles. The van der Waals surface area contributed by atoms with Gasteiger partial charge in [-0.1, -0.05) is 32.0 Å². The molecule has 2 aliphatic heterocycles. The van der Waals surface area contributed by atoms with E-state index in [0.717, 1.165) is 44.5 Å². The van der Waals surface area contributed by atoms with Crippen LogP contribution in [0, 0.1) is 11.8 Å². The maximum atomic E-state index is 4.96. The normalized spacial score (nSPS) is 24.0. The first-order chi connectivity index (χ1) is 13.6. The number of aliphatic imine (C=N–C) groups is 1. The first kappa shape index (κ1) is 21.0. The van der Waals surface area contributed by atoms with Crippen LogP contribution in [0.5, 0.6) is 0 Å². The molecule has 2 fully saturated rings. The Labute approximate surface area is 171 Å². The van der Waals surface area contributed by atoms with Gasteiger partial charge in [0.2, 0.25) is 0 Å². The summed E-state index contributed by atoms with van der Waals surface area (Å²) in [6.45, 7) is 14.4. The van der Waals surface area contributed by atoms with E-state index in [9.17, 15) is 0 Å². The first-order valence-electron chi connectivity index (χ1n) is 11.2. The predicted octanol–water partition coefficient (Wildman–Crippen LogP) is 3.19. The molecule has 0 saturated carbocycles. The van der Waals surface area contributed by atoms with Crippen LogP contribution in [0.15, 0.2) is 35.3 Å². The Morgan fingerprint density at radius 2 is 1.96 bits per heavy atom. The number of rotatable bonds is 7. The fourth-order valence-electron chi connectivity index (χ4n) is 4.47. The third-order valence-corrected chi connectivity index (χ3v) is 5.73. The fraction of sp³-hybridized carbons (Fsp3) is 0.696. The summed E-state index contributed by atoms with van der Waals surface area (Å²) in [5, 5.41) is 7.14. The molecule has 2 saturated heterocycles. The Morgan fingerprint density at radius 3 is 2.71 bits per heavy atom. The predicted molar refractivity (Wildman–Crippen MR) is 120 cm³/mol. The molecule has 0 radical (unpaired) electrons. The van der Waals surface area contributed by atoms with Crippen LogP contribution in [-0.4, -0.2) is 62.7 Å². The summed E-state index contributed by atoms with van der Waals surface area (Å²) in [5.41, 5.74) is 1.32. The lowest BCUT2D eigenvalue weighted by Crippen LogP contribution is -2.45. The van der Waals surface area contributed by atoms with Gasteiger partial charge in [0.05, 0.1) is 0 Å². The molecule has 0 spiro atoms. The van der Waals surface area contributed by atoms with E-state index >= 15 is 0 Å². The van der Waals surface area contributed by atoms with Crippen LogP contribution in [0.2, 0.25) is 0 Å². The van der Waals surface area contributed by atoms with Crippen LogP contribution in [0.4, 0.5) is 5.69 Å². The quantitative estimate of drug-likeness (QED) is 0.559. The fourth-order valence-corrected chi connectivity index (χ4v) is 4.47. The molecule has 2 heterocycles. The number of nitrogens with zero attached hydrogens (tertiary/aromatic N) is 3. The van der Waals surface area contributed by atoms with Crippen molar-refractivity contribution in [3.63, 3.8) is 0 Å². The van der Waals surface area contributed by atoms with E-state index in [0.29, 0.717) is 12.0 Å². The number of likely N-dealkylation sites (tertiary alicyclic amines) is 1.